The highest BCUT2D eigenvalue weighted by atomic mass is 17.7. The molecule has 21 heavy (non-hydrogen) atoms. The number of carbonyl (C=O) groups is 2. The quantitative estimate of drug-likeness (QED) is 0.333. The third-order valence-electron chi connectivity index (χ3n) is 2.92. The largest absolute Gasteiger partial charge is 0.372 e. The lowest BCUT2D eigenvalue weighted by atomic mass is 9.78. The van der Waals surface area contributed by atoms with Crippen LogP contribution in [0.15, 0.2) is 55.1 Å². The van der Waals surface area contributed by atoms with Gasteiger partial charge in [-0.2, -0.15) is 0 Å². The molecular formula is C15H16O6. The van der Waals surface area contributed by atoms with Gasteiger partial charge < -0.3 is 0 Å². The fourth-order valence-electron chi connectivity index (χ4n) is 1.46. The molecule has 0 aliphatic rings. The monoisotopic (exact) mass is 292 g/mol. The molecule has 1 aromatic carbocycles. The van der Waals surface area contributed by atoms with Gasteiger partial charge in [-0.1, -0.05) is 57.3 Å². The van der Waals surface area contributed by atoms with Gasteiger partial charge in [0.2, 0.25) is 0 Å². The smallest absolute Gasteiger partial charge is 0.261 e. The first-order valence-electron chi connectivity index (χ1n) is 6.03. The molecule has 0 heterocycles. The highest BCUT2D eigenvalue weighted by Crippen LogP contribution is 2.30. The summed E-state index contributed by atoms with van der Waals surface area (Å²) in [6.07, 6.45) is 0.850. The topological polar surface area (TPSA) is 71.1 Å². The first-order valence-corrected chi connectivity index (χ1v) is 6.03. The first kappa shape index (κ1) is 16.6. The summed E-state index contributed by atoms with van der Waals surface area (Å²) in [5, 5.41) is 7.94. The molecule has 0 N–H and O–H groups in total. The molecule has 0 radical (unpaired) electrons. The minimum atomic E-state index is -0.894. The fourth-order valence-corrected chi connectivity index (χ4v) is 1.46. The van der Waals surface area contributed by atoms with Crippen LogP contribution in [-0.2, 0) is 34.9 Å². The van der Waals surface area contributed by atoms with Gasteiger partial charge in [-0.05, 0) is 5.56 Å². The van der Waals surface area contributed by atoms with Crippen LogP contribution in [0, 0.1) is 0 Å². The molecule has 6 nitrogen and oxygen atoms in total. The van der Waals surface area contributed by atoms with E-state index in [2.05, 4.69) is 33.0 Å². The second-order valence-corrected chi connectivity index (χ2v) is 4.58. The summed E-state index contributed by atoms with van der Waals surface area (Å²) in [5.41, 5.74) is 0.359. The molecule has 112 valence electrons. The average Bonchev–Trinajstić information content (AvgIpc) is 2.51. The molecule has 0 bridgehead atoms. The first-order chi connectivity index (χ1) is 9.89. The maximum Gasteiger partial charge on any atom is 0.372 e. The number of carbonyl (C=O) groups excluding carboxylic acids is 2. The number of hydrogen-bond acceptors (Lipinski definition) is 6. The lowest BCUT2D eigenvalue weighted by molar-refractivity contribution is -0.598. The van der Waals surface area contributed by atoms with Gasteiger partial charge in [-0.25, -0.2) is 9.59 Å². The average molecular weight is 292 g/mol. The molecule has 0 spiro atoms. The zero-order valence-electron chi connectivity index (χ0n) is 11.8. The van der Waals surface area contributed by atoms with Crippen molar-refractivity contribution >= 4 is 11.9 Å². The zero-order chi connectivity index (χ0) is 15.9. The van der Waals surface area contributed by atoms with Gasteiger partial charge in [0.1, 0.15) is 0 Å². The van der Waals surface area contributed by atoms with Crippen molar-refractivity contribution in [2.45, 2.75) is 19.3 Å². The molecular weight excluding hydrogens is 276 g/mol. The number of hydrogen-bond donors (Lipinski definition) is 0. The normalized spacial score (nSPS) is 10.6. The summed E-state index contributed by atoms with van der Waals surface area (Å²) < 4.78 is 0. The van der Waals surface area contributed by atoms with Crippen molar-refractivity contribution in [3.63, 3.8) is 0 Å². The minimum Gasteiger partial charge on any atom is -0.261 e. The van der Waals surface area contributed by atoms with Gasteiger partial charge in [-0.15, -0.1) is 0 Å². The Morgan fingerprint density at radius 1 is 1.10 bits per heavy atom. The Balaban J connectivity index is 2.56. The summed E-state index contributed by atoms with van der Waals surface area (Å²) in [4.78, 5) is 30.8. The van der Waals surface area contributed by atoms with E-state index in [-0.39, 0.29) is 5.57 Å². The highest BCUT2D eigenvalue weighted by Gasteiger charge is 2.30. The van der Waals surface area contributed by atoms with Crippen molar-refractivity contribution in [2.75, 3.05) is 0 Å². The molecule has 6 heteroatoms. The van der Waals surface area contributed by atoms with Gasteiger partial charge >= 0.3 is 11.9 Å². The van der Waals surface area contributed by atoms with E-state index in [1.807, 2.05) is 44.2 Å². The zero-order valence-corrected chi connectivity index (χ0v) is 11.8. The molecule has 1 rings (SSSR count). The molecule has 1 aromatic rings. The van der Waals surface area contributed by atoms with Crippen molar-refractivity contribution in [1.82, 2.24) is 0 Å². The van der Waals surface area contributed by atoms with E-state index in [1.54, 1.807) is 0 Å². The van der Waals surface area contributed by atoms with E-state index in [4.69, 9.17) is 0 Å². The van der Waals surface area contributed by atoms with Crippen molar-refractivity contribution in [3.05, 3.63) is 60.7 Å². The molecule has 0 aliphatic heterocycles. The standard InChI is InChI=1S/C15H16O6/c1-5-13(16)18-20-21-19-14(17)11(2)15(3,4)12-9-7-6-8-10-12/h5-10H,1-2H2,3-4H3. The van der Waals surface area contributed by atoms with Crippen LogP contribution in [0.25, 0.3) is 0 Å². The Hall–Kier alpha value is -2.44. The van der Waals surface area contributed by atoms with Crippen LogP contribution in [0.4, 0.5) is 0 Å². The maximum atomic E-state index is 11.8. The molecule has 0 aromatic heterocycles. The highest BCUT2D eigenvalue weighted by molar-refractivity contribution is 5.90. The van der Waals surface area contributed by atoms with Crippen LogP contribution in [-0.4, -0.2) is 11.9 Å². The van der Waals surface area contributed by atoms with Crippen molar-refractivity contribution in [1.29, 1.82) is 0 Å². The Morgan fingerprint density at radius 2 is 1.67 bits per heavy atom. The van der Waals surface area contributed by atoms with E-state index in [0.717, 1.165) is 11.6 Å². The Morgan fingerprint density at radius 3 is 2.24 bits per heavy atom. The summed E-state index contributed by atoms with van der Waals surface area (Å²) >= 11 is 0. The predicted octanol–water partition coefficient (Wildman–Crippen LogP) is 2.57. The molecule has 0 fully saturated rings. The predicted molar refractivity (Wildman–Crippen MR) is 73.2 cm³/mol. The Bertz CT molecular complexity index is 532. The van der Waals surface area contributed by atoms with E-state index in [9.17, 15) is 9.59 Å². The number of benzene rings is 1. The van der Waals surface area contributed by atoms with Gasteiger partial charge in [-0.3, -0.25) is 9.78 Å². The van der Waals surface area contributed by atoms with Crippen LogP contribution in [0.1, 0.15) is 19.4 Å². The maximum absolute atomic E-state index is 11.8. The van der Waals surface area contributed by atoms with Crippen LogP contribution in [0.5, 0.6) is 0 Å². The third kappa shape index (κ3) is 4.55. The van der Waals surface area contributed by atoms with Gasteiger partial charge in [0, 0.05) is 27.1 Å². The summed E-state index contributed by atoms with van der Waals surface area (Å²) in [5.74, 6) is -1.74. The van der Waals surface area contributed by atoms with Crippen LogP contribution in [0.2, 0.25) is 0 Å². The van der Waals surface area contributed by atoms with Crippen molar-refractivity contribution in [3.8, 4) is 0 Å². The van der Waals surface area contributed by atoms with E-state index < -0.39 is 17.4 Å². The Kier molecular flexibility index (Phi) is 5.83. The van der Waals surface area contributed by atoms with Crippen LogP contribution < -0.4 is 0 Å². The lowest BCUT2D eigenvalue weighted by Crippen LogP contribution is -2.26. The third-order valence-corrected chi connectivity index (χ3v) is 2.92. The van der Waals surface area contributed by atoms with Gasteiger partial charge in [0.25, 0.3) is 0 Å². The van der Waals surface area contributed by atoms with E-state index >= 15 is 0 Å². The SMILES string of the molecule is C=CC(=O)OOOOC(=O)C(=C)C(C)(C)c1ccccc1. The van der Waals surface area contributed by atoms with Gasteiger partial charge in [0.05, 0.1) is 0 Å². The fraction of sp³-hybridized carbons (Fsp3) is 0.200. The second-order valence-electron chi connectivity index (χ2n) is 4.58. The molecule has 0 saturated carbocycles. The summed E-state index contributed by atoms with van der Waals surface area (Å²) in [7, 11) is 0. The molecule has 0 atom stereocenters. The van der Waals surface area contributed by atoms with Crippen LogP contribution in [0.3, 0.4) is 0 Å². The summed E-state index contributed by atoms with van der Waals surface area (Å²) in [6.45, 7) is 10.5. The van der Waals surface area contributed by atoms with E-state index in [1.165, 1.54) is 0 Å². The lowest BCUT2D eigenvalue weighted by Gasteiger charge is -2.25. The number of rotatable bonds is 7. The summed E-state index contributed by atoms with van der Waals surface area (Å²) in [6, 6.07) is 9.29. The second kappa shape index (κ2) is 7.37. The minimum absolute atomic E-state index is 0.146. The Labute approximate surface area is 122 Å². The van der Waals surface area contributed by atoms with Gasteiger partial charge in [0.15, 0.2) is 0 Å². The molecule has 0 aliphatic carbocycles. The molecule has 0 unspecified atom stereocenters. The van der Waals surface area contributed by atoms with E-state index in [0.29, 0.717) is 0 Å². The molecule has 0 amide bonds. The van der Waals surface area contributed by atoms with Crippen molar-refractivity contribution in [2.24, 2.45) is 0 Å². The van der Waals surface area contributed by atoms with Crippen molar-refractivity contribution < 1.29 is 29.4 Å². The molecule has 0 saturated heterocycles. The van der Waals surface area contributed by atoms with Crippen LogP contribution >= 0.6 is 0 Å².